The van der Waals surface area contributed by atoms with Gasteiger partial charge in [0, 0.05) is 38.1 Å². The molecule has 118 valence electrons. The van der Waals surface area contributed by atoms with Crippen LogP contribution in [0.1, 0.15) is 30.8 Å². The van der Waals surface area contributed by atoms with Gasteiger partial charge in [0.1, 0.15) is 17.7 Å². The van der Waals surface area contributed by atoms with Gasteiger partial charge in [0.15, 0.2) is 0 Å². The third kappa shape index (κ3) is 3.24. The maximum atomic E-state index is 13.6. The van der Waals surface area contributed by atoms with Crippen LogP contribution in [0.2, 0.25) is 0 Å². The molecule has 1 aromatic carbocycles. The molecule has 4 nitrogen and oxygen atoms in total. The molecular weight excluding hydrogens is 349 g/mol. The molecule has 22 heavy (non-hydrogen) atoms. The lowest BCUT2D eigenvalue weighted by Gasteiger charge is -2.20. The zero-order valence-electron chi connectivity index (χ0n) is 12.4. The van der Waals surface area contributed by atoms with Gasteiger partial charge < -0.3 is 14.6 Å². The summed E-state index contributed by atoms with van der Waals surface area (Å²) in [7, 11) is 0. The number of rotatable bonds is 5. The summed E-state index contributed by atoms with van der Waals surface area (Å²) in [6, 6.07) is 5.39. The van der Waals surface area contributed by atoms with Crippen molar-refractivity contribution in [3.63, 3.8) is 0 Å². The van der Waals surface area contributed by atoms with E-state index in [1.807, 2.05) is 18.5 Å². The number of hydrogen-bond donors (Lipinski definition) is 1. The average Bonchev–Trinajstić information content (AvgIpc) is 3.15. The smallest absolute Gasteiger partial charge is 0.139 e. The maximum absolute atomic E-state index is 13.6. The average molecular weight is 368 g/mol. The number of aryl methyl sites for hydroxylation is 1. The minimum Gasteiger partial charge on any atom is -0.369 e. The van der Waals surface area contributed by atoms with Crippen molar-refractivity contribution in [2.75, 3.05) is 6.61 Å². The second-order valence-corrected chi connectivity index (χ2v) is 6.24. The molecule has 0 saturated carbocycles. The number of nitrogens with one attached hydrogen (secondary N) is 1. The number of ether oxygens (including phenoxy) is 1. The summed E-state index contributed by atoms with van der Waals surface area (Å²) in [5.74, 6) is 0.722. The molecule has 1 fully saturated rings. The van der Waals surface area contributed by atoms with Crippen LogP contribution in [-0.4, -0.2) is 22.2 Å². The Bertz CT molecular complexity index is 646. The molecule has 2 aromatic rings. The summed E-state index contributed by atoms with van der Waals surface area (Å²) in [5.41, 5.74) is 0.921. The number of benzene rings is 1. The van der Waals surface area contributed by atoms with Gasteiger partial charge >= 0.3 is 0 Å². The van der Waals surface area contributed by atoms with Crippen molar-refractivity contribution in [1.29, 1.82) is 0 Å². The molecule has 0 spiro atoms. The van der Waals surface area contributed by atoms with Gasteiger partial charge in [0.05, 0.1) is 4.47 Å². The van der Waals surface area contributed by atoms with Crippen molar-refractivity contribution in [3.8, 4) is 0 Å². The first-order chi connectivity index (χ1) is 10.7. The minimum atomic E-state index is -0.236. The number of imidazole rings is 1. The molecule has 1 saturated heterocycles. The normalized spacial score (nSPS) is 21.4. The number of nitrogens with zero attached hydrogens (tertiary/aromatic N) is 2. The standard InChI is InChI=1S/C16H19BrFN3O/c1-2-21-7-6-19-16(21)15-14(5-8-22-15)20-10-11-3-4-12(17)13(18)9-11/h3-4,6-7,9,14-15,20H,2,5,8,10H2,1H3/t14-,15-/m0/s1. The Hall–Kier alpha value is -1.24. The first-order valence-corrected chi connectivity index (χ1v) is 8.28. The predicted octanol–water partition coefficient (Wildman–Crippen LogP) is 3.42. The van der Waals surface area contributed by atoms with Crippen LogP contribution in [0.25, 0.3) is 0 Å². The van der Waals surface area contributed by atoms with Gasteiger partial charge in [-0.25, -0.2) is 9.37 Å². The summed E-state index contributed by atoms with van der Waals surface area (Å²) < 4.78 is 22.0. The third-order valence-electron chi connectivity index (χ3n) is 3.99. The van der Waals surface area contributed by atoms with E-state index < -0.39 is 0 Å². The minimum absolute atomic E-state index is 0.0461. The van der Waals surface area contributed by atoms with Crippen LogP contribution in [0.15, 0.2) is 35.1 Å². The molecule has 3 rings (SSSR count). The zero-order chi connectivity index (χ0) is 15.5. The van der Waals surface area contributed by atoms with E-state index in [-0.39, 0.29) is 18.0 Å². The van der Waals surface area contributed by atoms with Gasteiger partial charge in [0.2, 0.25) is 0 Å². The van der Waals surface area contributed by atoms with E-state index in [0.29, 0.717) is 17.6 Å². The van der Waals surface area contributed by atoms with Crippen molar-refractivity contribution in [3.05, 3.63) is 52.3 Å². The topological polar surface area (TPSA) is 39.1 Å². The van der Waals surface area contributed by atoms with Crippen molar-refractivity contribution in [1.82, 2.24) is 14.9 Å². The Morgan fingerprint density at radius 3 is 3.14 bits per heavy atom. The second-order valence-electron chi connectivity index (χ2n) is 5.39. The molecule has 0 amide bonds. The van der Waals surface area contributed by atoms with Crippen LogP contribution in [0.4, 0.5) is 4.39 Å². The largest absolute Gasteiger partial charge is 0.369 e. The van der Waals surface area contributed by atoms with Crippen LogP contribution in [0, 0.1) is 5.82 Å². The van der Waals surface area contributed by atoms with Crippen LogP contribution in [0.3, 0.4) is 0 Å². The van der Waals surface area contributed by atoms with E-state index in [0.717, 1.165) is 24.4 Å². The van der Waals surface area contributed by atoms with Crippen molar-refractivity contribution >= 4 is 15.9 Å². The fraction of sp³-hybridized carbons (Fsp3) is 0.438. The van der Waals surface area contributed by atoms with Gasteiger partial charge in [0.25, 0.3) is 0 Å². The maximum Gasteiger partial charge on any atom is 0.139 e. The van der Waals surface area contributed by atoms with E-state index >= 15 is 0 Å². The predicted molar refractivity (Wildman–Crippen MR) is 85.9 cm³/mol. The summed E-state index contributed by atoms with van der Waals surface area (Å²) >= 11 is 3.17. The molecule has 1 aliphatic rings. The SMILES string of the molecule is CCn1ccnc1[C@H]1OCC[C@@H]1NCc1ccc(Br)c(F)c1. The number of aromatic nitrogens is 2. The Labute approximate surface area is 137 Å². The van der Waals surface area contributed by atoms with Crippen molar-refractivity contribution < 1.29 is 9.13 Å². The highest BCUT2D eigenvalue weighted by Crippen LogP contribution is 2.28. The lowest BCUT2D eigenvalue weighted by molar-refractivity contribution is 0.0886. The molecule has 1 aliphatic heterocycles. The van der Waals surface area contributed by atoms with E-state index in [2.05, 4.69) is 37.7 Å². The van der Waals surface area contributed by atoms with Gasteiger partial charge in [-0.15, -0.1) is 0 Å². The highest BCUT2D eigenvalue weighted by molar-refractivity contribution is 9.10. The summed E-state index contributed by atoms with van der Waals surface area (Å²) in [6.45, 7) is 4.29. The summed E-state index contributed by atoms with van der Waals surface area (Å²) in [5, 5.41) is 3.47. The van der Waals surface area contributed by atoms with Crippen LogP contribution in [0.5, 0.6) is 0 Å². The van der Waals surface area contributed by atoms with Crippen molar-refractivity contribution in [2.24, 2.45) is 0 Å². The van der Waals surface area contributed by atoms with Crippen LogP contribution >= 0.6 is 15.9 Å². The van der Waals surface area contributed by atoms with Gasteiger partial charge in [-0.1, -0.05) is 6.07 Å². The number of hydrogen-bond acceptors (Lipinski definition) is 3. The van der Waals surface area contributed by atoms with Gasteiger partial charge in [-0.3, -0.25) is 0 Å². The quantitative estimate of drug-likeness (QED) is 0.879. The molecule has 1 N–H and O–H groups in total. The highest BCUT2D eigenvalue weighted by atomic mass is 79.9. The highest BCUT2D eigenvalue weighted by Gasteiger charge is 2.32. The van der Waals surface area contributed by atoms with Crippen LogP contribution in [-0.2, 0) is 17.8 Å². The first kappa shape index (κ1) is 15.6. The van der Waals surface area contributed by atoms with Gasteiger partial charge in [-0.05, 0) is 47.0 Å². The molecule has 0 radical (unpaired) electrons. The molecular formula is C16H19BrFN3O. The van der Waals surface area contributed by atoms with E-state index in [9.17, 15) is 4.39 Å². The molecule has 2 heterocycles. The number of halogens is 2. The lowest BCUT2D eigenvalue weighted by Crippen LogP contribution is -2.32. The summed E-state index contributed by atoms with van der Waals surface area (Å²) in [6.07, 6.45) is 4.66. The Morgan fingerprint density at radius 2 is 2.36 bits per heavy atom. The van der Waals surface area contributed by atoms with Gasteiger partial charge in [-0.2, -0.15) is 0 Å². The third-order valence-corrected chi connectivity index (χ3v) is 4.63. The molecule has 6 heteroatoms. The summed E-state index contributed by atoms with van der Waals surface area (Å²) in [4.78, 5) is 4.43. The van der Waals surface area contributed by atoms with Crippen molar-refractivity contribution in [2.45, 2.75) is 38.6 Å². The molecule has 2 atom stereocenters. The lowest BCUT2D eigenvalue weighted by atomic mass is 10.1. The second kappa shape index (κ2) is 6.89. The van der Waals surface area contributed by atoms with E-state index in [1.54, 1.807) is 12.1 Å². The monoisotopic (exact) mass is 367 g/mol. The Morgan fingerprint density at radius 1 is 1.50 bits per heavy atom. The molecule has 0 bridgehead atoms. The van der Waals surface area contributed by atoms with E-state index in [1.165, 1.54) is 0 Å². The zero-order valence-corrected chi connectivity index (χ0v) is 14.0. The fourth-order valence-electron chi connectivity index (χ4n) is 2.80. The first-order valence-electron chi connectivity index (χ1n) is 7.49. The Balaban J connectivity index is 1.67. The molecule has 1 aromatic heterocycles. The molecule has 0 unspecified atom stereocenters. The molecule has 0 aliphatic carbocycles. The fourth-order valence-corrected chi connectivity index (χ4v) is 3.04. The Kier molecular flexibility index (Phi) is 4.90. The van der Waals surface area contributed by atoms with E-state index in [4.69, 9.17) is 4.74 Å². The van der Waals surface area contributed by atoms with Crippen LogP contribution < -0.4 is 5.32 Å².